The molecular weight excluding hydrogens is 452 g/mol. The molecule has 0 amide bonds. The highest BCUT2D eigenvalue weighted by atomic mass is 35.5. The number of fused-ring (bicyclic) bond motifs is 3. The van der Waals surface area contributed by atoms with Crippen LogP contribution in [0.25, 0.3) is 5.57 Å². The molecule has 2 atom stereocenters. The van der Waals surface area contributed by atoms with Crippen molar-refractivity contribution in [3.8, 4) is 5.75 Å². The summed E-state index contributed by atoms with van der Waals surface area (Å²) in [6.45, 7) is -1.12. The van der Waals surface area contributed by atoms with Crippen molar-refractivity contribution < 1.29 is 42.1 Å². The molecule has 2 unspecified atom stereocenters. The van der Waals surface area contributed by atoms with E-state index in [1.807, 2.05) is 0 Å². The number of carbonyl (C=O) groups is 3. The molecule has 2 aliphatic carbocycles. The molecule has 0 saturated heterocycles. The molecule has 1 aromatic carbocycles. The summed E-state index contributed by atoms with van der Waals surface area (Å²) < 4.78 is 46.0. The van der Waals surface area contributed by atoms with E-state index in [4.69, 9.17) is 33.0 Å². The Balaban J connectivity index is 1.74. The topological polar surface area (TPSA) is 89.9 Å². The molecule has 0 bridgehead atoms. The van der Waals surface area contributed by atoms with E-state index in [1.54, 1.807) is 6.07 Å². The lowest BCUT2D eigenvalue weighted by Gasteiger charge is -2.25. The van der Waals surface area contributed by atoms with Crippen LogP contribution in [-0.4, -0.2) is 42.2 Å². The van der Waals surface area contributed by atoms with Gasteiger partial charge >= 0.3 is 18.1 Å². The predicted octanol–water partition coefficient (Wildman–Crippen LogP) is 4.10. The molecule has 1 aromatic rings. The summed E-state index contributed by atoms with van der Waals surface area (Å²) in [4.78, 5) is 34.0. The van der Waals surface area contributed by atoms with Gasteiger partial charge in [0, 0.05) is 11.5 Å². The molecule has 6 nitrogen and oxygen atoms in total. The maximum Gasteiger partial charge on any atom is 0.490 e. The zero-order valence-corrected chi connectivity index (χ0v) is 16.7. The Morgan fingerprint density at radius 1 is 1.23 bits per heavy atom. The third-order valence-electron chi connectivity index (χ3n) is 5.00. The van der Waals surface area contributed by atoms with E-state index in [0.717, 1.165) is 5.56 Å². The summed E-state index contributed by atoms with van der Waals surface area (Å²) in [7, 11) is 0. The van der Waals surface area contributed by atoms with Crippen LogP contribution in [0.3, 0.4) is 0 Å². The van der Waals surface area contributed by atoms with Crippen molar-refractivity contribution >= 4 is 46.5 Å². The van der Waals surface area contributed by atoms with E-state index in [-0.39, 0.29) is 33.9 Å². The fraction of sp³-hybridized carbons (Fsp3) is 0.421. The highest BCUT2D eigenvalue weighted by molar-refractivity contribution is 6.44. The molecule has 0 fully saturated rings. The largest absolute Gasteiger partial charge is 0.490 e. The summed E-state index contributed by atoms with van der Waals surface area (Å²) in [6.07, 6.45) is -2.88. The number of ether oxygens (including phenoxy) is 2. The Morgan fingerprint density at radius 2 is 1.93 bits per heavy atom. The number of carbonyl (C=O) groups excluding carboxylic acids is 2. The fourth-order valence-electron chi connectivity index (χ4n) is 3.72. The van der Waals surface area contributed by atoms with Crippen LogP contribution in [0.1, 0.15) is 24.0 Å². The molecule has 11 heteroatoms. The first kappa shape index (κ1) is 22.4. The molecule has 2 aliphatic rings. The first-order valence-corrected chi connectivity index (χ1v) is 9.59. The molecule has 0 aromatic heterocycles. The van der Waals surface area contributed by atoms with Crippen molar-refractivity contribution in [3.63, 3.8) is 0 Å². The standard InChI is InChI=1S/C19H15Cl2F3O6/c20-16-13(30-7-14(26)27)5-10-4-9-3-8(1-2-29-18(28)19(22,23)24)12(25)6-11(9)15(10)17(16)21/h5-6,8-9H,1-4,7H2,(H,26,27). The van der Waals surface area contributed by atoms with Crippen LogP contribution in [0.5, 0.6) is 5.75 Å². The maximum absolute atomic E-state index is 12.5. The second-order valence-corrected chi connectivity index (χ2v) is 7.73. The minimum atomic E-state index is -5.08. The van der Waals surface area contributed by atoms with Gasteiger partial charge in [-0.25, -0.2) is 9.59 Å². The molecule has 30 heavy (non-hydrogen) atoms. The molecule has 1 N–H and O–H groups in total. The van der Waals surface area contributed by atoms with Crippen LogP contribution in [0.2, 0.25) is 10.0 Å². The molecule has 0 radical (unpaired) electrons. The van der Waals surface area contributed by atoms with E-state index in [9.17, 15) is 27.6 Å². The Kier molecular flexibility index (Phi) is 6.33. The number of ketones is 1. The van der Waals surface area contributed by atoms with E-state index in [0.29, 0.717) is 24.0 Å². The minimum Gasteiger partial charge on any atom is -0.480 e. The highest BCUT2D eigenvalue weighted by Gasteiger charge is 2.42. The molecule has 3 rings (SSSR count). The van der Waals surface area contributed by atoms with Gasteiger partial charge in [-0.1, -0.05) is 23.2 Å². The number of hydrogen-bond donors (Lipinski definition) is 1. The number of esters is 1. The van der Waals surface area contributed by atoms with Gasteiger partial charge in [0.15, 0.2) is 12.4 Å². The Bertz CT molecular complexity index is 941. The number of alkyl halides is 3. The third kappa shape index (κ3) is 4.57. The summed E-state index contributed by atoms with van der Waals surface area (Å²) in [5, 5.41) is 8.94. The van der Waals surface area contributed by atoms with Gasteiger partial charge in [-0.05, 0) is 48.5 Å². The van der Waals surface area contributed by atoms with Crippen molar-refractivity contribution in [1.29, 1.82) is 0 Å². The lowest BCUT2D eigenvalue weighted by molar-refractivity contribution is -0.200. The molecule has 0 saturated carbocycles. The SMILES string of the molecule is O=C(O)COc1cc2c(c(Cl)c1Cl)C1=CC(=O)C(CCOC(=O)C(F)(F)F)CC1C2. The second kappa shape index (κ2) is 8.47. The predicted molar refractivity (Wildman–Crippen MR) is 99.5 cm³/mol. The molecule has 0 heterocycles. The van der Waals surface area contributed by atoms with E-state index >= 15 is 0 Å². The Hall–Kier alpha value is -2.26. The zero-order valence-electron chi connectivity index (χ0n) is 15.2. The lowest BCUT2D eigenvalue weighted by atomic mass is 9.79. The second-order valence-electron chi connectivity index (χ2n) is 6.98. The molecule has 0 aliphatic heterocycles. The highest BCUT2D eigenvalue weighted by Crippen LogP contribution is 2.50. The van der Waals surface area contributed by atoms with Crippen molar-refractivity contribution in [2.24, 2.45) is 11.8 Å². The number of carboxylic acid groups (broad SMARTS) is 1. The average Bonchev–Trinajstić information content (AvgIpc) is 2.99. The first-order chi connectivity index (χ1) is 14.0. The first-order valence-electron chi connectivity index (χ1n) is 8.84. The van der Waals surface area contributed by atoms with Gasteiger partial charge in [-0.15, -0.1) is 0 Å². The fourth-order valence-corrected chi connectivity index (χ4v) is 4.24. The number of carboxylic acids is 1. The Morgan fingerprint density at radius 3 is 2.57 bits per heavy atom. The van der Waals surface area contributed by atoms with Crippen LogP contribution in [-0.2, 0) is 25.5 Å². The van der Waals surface area contributed by atoms with E-state index in [1.165, 1.54) is 6.08 Å². The summed E-state index contributed by atoms with van der Waals surface area (Å²) in [5.74, 6) is -4.36. The van der Waals surface area contributed by atoms with Crippen LogP contribution >= 0.6 is 23.2 Å². The monoisotopic (exact) mass is 466 g/mol. The van der Waals surface area contributed by atoms with Gasteiger partial charge in [0.1, 0.15) is 10.8 Å². The average molecular weight is 467 g/mol. The van der Waals surface area contributed by atoms with Gasteiger partial charge in [0.25, 0.3) is 0 Å². The van der Waals surface area contributed by atoms with Gasteiger partial charge in [-0.2, -0.15) is 13.2 Å². The van der Waals surface area contributed by atoms with Crippen LogP contribution < -0.4 is 4.74 Å². The van der Waals surface area contributed by atoms with Gasteiger partial charge < -0.3 is 14.6 Å². The quantitative estimate of drug-likeness (QED) is 0.634. The van der Waals surface area contributed by atoms with Crippen molar-refractivity contribution in [2.45, 2.75) is 25.4 Å². The Labute approximate surface area is 178 Å². The minimum absolute atomic E-state index is 0.0290. The summed E-state index contributed by atoms with van der Waals surface area (Å²) >= 11 is 12.5. The number of allylic oxidation sites excluding steroid dienone is 2. The summed E-state index contributed by atoms with van der Waals surface area (Å²) in [6, 6.07) is 1.58. The summed E-state index contributed by atoms with van der Waals surface area (Å²) in [5.41, 5.74) is 2.00. The van der Waals surface area contributed by atoms with E-state index in [2.05, 4.69) is 4.74 Å². The lowest BCUT2D eigenvalue weighted by Crippen LogP contribution is -2.28. The van der Waals surface area contributed by atoms with E-state index < -0.39 is 37.2 Å². The van der Waals surface area contributed by atoms with Gasteiger partial charge in [0.05, 0.1) is 11.6 Å². The molecule has 162 valence electrons. The van der Waals surface area contributed by atoms with Crippen LogP contribution in [0.15, 0.2) is 12.1 Å². The third-order valence-corrected chi connectivity index (χ3v) is 5.85. The van der Waals surface area contributed by atoms with Gasteiger partial charge in [0.2, 0.25) is 0 Å². The maximum atomic E-state index is 12.5. The van der Waals surface area contributed by atoms with Crippen molar-refractivity contribution in [3.05, 3.63) is 33.3 Å². The number of hydrogen-bond acceptors (Lipinski definition) is 5. The van der Waals surface area contributed by atoms with Gasteiger partial charge in [-0.3, -0.25) is 4.79 Å². The zero-order chi connectivity index (χ0) is 22.2. The molecule has 0 spiro atoms. The van der Waals surface area contributed by atoms with Crippen molar-refractivity contribution in [2.75, 3.05) is 13.2 Å². The van der Waals surface area contributed by atoms with Crippen LogP contribution in [0, 0.1) is 11.8 Å². The smallest absolute Gasteiger partial charge is 0.480 e. The molecular formula is C19H15Cl2F3O6. The number of benzene rings is 1. The number of aliphatic carboxylic acids is 1. The number of halogens is 5. The normalized spacial score (nSPS) is 20.3. The van der Waals surface area contributed by atoms with Crippen molar-refractivity contribution in [1.82, 2.24) is 0 Å². The number of rotatable bonds is 6. The van der Waals surface area contributed by atoms with Crippen LogP contribution in [0.4, 0.5) is 13.2 Å².